The quantitative estimate of drug-likeness (QED) is 0.417. The second kappa shape index (κ2) is 7.70. The molecule has 0 saturated carbocycles. The van der Waals surface area contributed by atoms with Gasteiger partial charge in [-0.05, 0) is 0 Å². The van der Waals surface area contributed by atoms with E-state index in [0.717, 1.165) is 22.3 Å². The van der Waals surface area contributed by atoms with Gasteiger partial charge in [0.1, 0.15) is 0 Å². The summed E-state index contributed by atoms with van der Waals surface area (Å²) >= 11 is 7.82. The molecule has 0 unspecified atom stereocenters. The SMILES string of the molecule is CCCOCP(Cl)(c1ccccc1)(c1ccccc1)c1ccccc1. The number of halogens is 1. The summed E-state index contributed by atoms with van der Waals surface area (Å²) in [5.41, 5.74) is 0. The van der Waals surface area contributed by atoms with E-state index in [1.165, 1.54) is 0 Å². The van der Waals surface area contributed by atoms with Gasteiger partial charge in [-0.1, -0.05) is 0 Å². The molecule has 0 radical (unpaired) electrons. The second-order valence-electron chi connectivity index (χ2n) is 6.23. The Kier molecular flexibility index (Phi) is 5.59. The van der Waals surface area contributed by atoms with Crippen LogP contribution in [-0.4, -0.2) is 13.0 Å². The second-order valence-corrected chi connectivity index (χ2v) is 12.6. The van der Waals surface area contributed by atoms with Gasteiger partial charge in [0.15, 0.2) is 0 Å². The summed E-state index contributed by atoms with van der Waals surface area (Å²) in [5.74, 6) is -3.22. The average molecular weight is 371 g/mol. The first-order valence-corrected chi connectivity index (χ1v) is 12.0. The van der Waals surface area contributed by atoms with E-state index in [0.29, 0.717) is 13.0 Å². The topological polar surface area (TPSA) is 9.23 Å². The molecule has 0 aliphatic heterocycles. The third kappa shape index (κ3) is 3.25. The molecule has 0 atom stereocenters. The van der Waals surface area contributed by atoms with Gasteiger partial charge in [-0.3, -0.25) is 0 Å². The van der Waals surface area contributed by atoms with Crippen LogP contribution in [0.1, 0.15) is 13.3 Å². The molecule has 3 heteroatoms. The molecule has 3 rings (SSSR count). The fourth-order valence-electron chi connectivity index (χ4n) is 3.27. The predicted molar refractivity (Wildman–Crippen MR) is 112 cm³/mol. The van der Waals surface area contributed by atoms with Crippen LogP contribution in [-0.2, 0) is 4.74 Å². The minimum absolute atomic E-state index is 0.499. The van der Waals surface area contributed by atoms with Crippen molar-refractivity contribution < 1.29 is 4.74 Å². The van der Waals surface area contributed by atoms with E-state index >= 15 is 0 Å². The summed E-state index contributed by atoms with van der Waals surface area (Å²) in [6.07, 6.45) is 1.47. The molecule has 0 heterocycles. The normalized spacial score (nSPS) is 13.1. The van der Waals surface area contributed by atoms with E-state index in [-0.39, 0.29) is 0 Å². The molecular weight excluding hydrogens is 347 g/mol. The molecule has 0 amide bonds. The Morgan fingerprint density at radius 3 is 1.36 bits per heavy atom. The van der Waals surface area contributed by atoms with Gasteiger partial charge in [0.25, 0.3) is 0 Å². The van der Waals surface area contributed by atoms with E-state index in [2.05, 4.69) is 79.7 Å². The number of hydrogen-bond acceptors (Lipinski definition) is 1. The monoisotopic (exact) mass is 370 g/mol. The fourth-order valence-corrected chi connectivity index (χ4v) is 8.68. The van der Waals surface area contributed by atoms with Crippen LogP contribution in [0.25, 0.3) is 0 Å². The molecule has 3 aromatic rings. The molecule has 0 saturated heterocycles. The predicted octanol–water partition coefficient (Wildman–Crippen LogP) is 5.05. The van der Waals surface area contributed by atoms with E-state index in [9.17, 15) is 0 Å². The van der Waals surface area contributed by atoms with Crippen molar-refractivity contribution in [3.63, 3.8) is 0 Å². The van der Waals surface area contributed by atoms with Crippen LogP contribution in [0.15, 0.2) is 91.0 Å². The first kappa shape index (κ1) is 18.1. The van der Waals surface area contributed by atoms with E-state index in [4.69, 9.17) is 16.0 Å². The number of ether oxygens (including phenoxy) is 1. The fraction of sp³-hybridized carbons (Fsp3) is 0.182. The Morgan fingerprint density at radius 1 is 0.680 bits per heavy atom. The number of hydrogen-bond donors (Lipinski definition) is 0. The molecule has 0 aliphatic carbocycles. The summed E-state index contributed by atoms with van der Waals surface area (Å²) in [6.45, 7) is 2.83. The van der Waals surface area contributed by atoms with Gasteiger partial charge in [0.05, 0.1) is 0 Å². The number of rotatable bonds is 7. The third-order valence-corrected chi connectivity index (χ3v) is 11.4. The van der Waals surface area contributed by atoms with E-state index in [1.54, 1.807) is 0 Å². The van der Waals surface area contributed by atoms with Crippen LogP contribution >= 0.6 is 17.2 Å². The molecule has 0 fully saturated rings. The molecule has 0 aromatic heterocycles. The van der Waals surface area contributed by atoms with Gasteiger partial charge in [0, 0.05) is 0 Å². The maximum absolute atomic E-state index is 7.82. The number of benzene rings is 3. The summed E-state index contributed by atoms with van der Waals surface area (Å²) in [6, 6.07) is 31.3. The summed E-state index contributed by atoms with van der Waals surface area (Å²) in [7, 11) is 0. The van der Waals surface area contributed by atoms with Gasteiger partial charge in [-0.15, -0.1) is 0 Å². The molecule has 1 nitrogen and oxygen atoms in total. The zero-order valence-electron chi connectivity index (χ0n) is 14.5. The Hall–Kier alpha value is -1.66. The Labute approximate surface area is 155 Å². The van der Waals surface area contributed by atoms with Gasteiger partial charge >= 0.3 is 155 Å². The van der Waals surface area contributed by atoms with Crippen molar-refractivity contribution in [1.29, 1.82) is 0 Å². The van der Waals surface area contributed by atoms with Crippen molar-refractivity contribution in [3.8, 4) is 0 Å². The molecule has 130 valence electrons. The molecule has 0 N–H and O–H groups in total. The molecule has 0 bridgehead atoms. The van der Waals surface area contributed by atoms with Gasteiger partial charge in [0.2, 0.25) is 0 Å². The summed E-state index contributed by atoms with van der Waals surface area (Å²) in [4.78, 5) is 0. The Balaban J connectivity index is 2.32. The van der Waals surface area contributed by atoms with Crippen molar-refractivity contribution in [1.82, 2.24) is 0 Å². The van der Waals surface area contributed by atoms with Gasteiger partial charge < -0.3 is 0 Å². The van der Waals surface area contributed by atoms with Crippen molar-refractivity contribution in [3.05, 3.63) is 91.0 Å². The first-order chi connectivity index (χ1) is 12.2. The van der Waals surface area contributed by atoms with Crippen LogP contribution in [0, 0.1) is 0 Å². The van der Waals surface area contributed by atoms with Crippen LogP contribution in [0.5, 0.6) is 0 Å². The summed E-state index contributed by atoms with van der Waals surface area (Å²) in [5, 5.41) is 3.43. The zero-order valence-corrected chi connectivity index (χ0v) is 16.2. The molecule has 0 spiro atoms. The Bertz CT molecular complexity index is 691. The van der Waals surface area contributed by atoms with Crippen LogP contribution in [0.3, 0.4) is 0 Å². The van der Waals surface area contributed by atoms with Crippen molar-refractivity contribution in [2.45, 2.75) is 13.3 Å². The minimum atomic E-state index is -3.22. The van der Waals surface area contributed by atoms with E-state index in [1.807, 2.05) is 18.2 Å². The molecule has 25 heavy (non-hydrogen) atoms. The zero-order chi connectivity index (χ0) is 17.6. The molecule has 0 aliphatic rings. The summed E-state index contributed by atoms with van der Waals surface area (Å²) < 4.78 is 6.14. The average Bonchev–Trinajstić information content (AvgIpc) is 2.70. The maximum atomic E-state index is 7.82. The molecular formula is C22H24ClOP. The van der Waals surface area contributed by atoms with Crippen LogP contribution in [0.4, 0.5) is 0 Å². The van der Waals surface area contributed by atoms with Gasteiger partial charge in [-0.25, -0.2) is 0 Å². The van der Waals surface area contributed by atoms with Crippen LogP contribution < -0.4 is 15.9 Å². The van der Waals surface area contributed by atoms with Crippen LogP contribution in [0.2, 0.25) is 0 Å². The van der Waals surface area contributed by atoms with Crippen molar-refractivity contribution in [2.75, 3.05) is 13.0 Å². The van der Waals surface area contributed by atoms with Gasteiger partial charge in [-0.2, -0.15) is 0 Å². The molecule has 3 aromatic carbocycles. The first-order valence-electron chi connectivity index (χ1n) is 8.67. The van der Waals surface area contributed by atoms with Crippen molar-refractivity contribution >= 4 is 33.1 Å². The standard InChI is InChI=1S/C22H24ClOP/c1-2-18-24-19-25(23,20-12-6-3-7-13-20,21-14-8-4-9-15-21)22-16-10-5-11-17-22/h3-17H,2,18-19H2,1H3. The van der Waals surface area contributed by atoms with Crippen molar-refractivity contribution in [2.24, 2.45) is 0 Å². The van der Waals surface area contributed by atoms with E-state index < -0.39 is 5.96 Å². The Morgan fingerprint density at radius 2 is 1.04 bits per heavy atom. The third-order valence-electron chi connectivity index (χ3n) is 4.57.